The van der Waals surface area contributed by atoms with E-state index in [2.05, 4.69) is 0 Å². The molecule has 38 heavy (non-hydrogen) atoms. The molecule has 1 spiro atoms. The Morgan fingerprint density at radius 3 is 2.24 bits per heavy atom. The lowest BCUT2D eigenvalue weighted by Crippen LogP contribution is -2.61. The van der Waals surface area contributed by atoms with Gasteiger partial charge in [-0.25, -0.2) is 0 Å². The van der Waals surface area contributed by atoms with Gasteiger partial charge in [-0.15, -0.1) is 0 Å². The topological polar surface area (TPSA) is 90.4 Å². The summed E-state index contributed by atoms with van der Waals surface area (Å²) in [5.74, 6) is -2.61. The van der Waals surface area contributed by atoms with Crippen LogP contribution in [-0.2, 0) is 19.1 Å². The second-order valence-electron chi connectivity index (χ2n) is 12.4. The lowest BCUT2D eigenvalue weighted by atomic mass is 9.74. The molecule has 1 N–H and O–H groups in total. The zero-order valence-corrected chi connectivity index (χ0v) is 23.1. The van der Waals surface area contributed by atoms with E-state index in [0.717, 1.165) is 5.69 Å². The van der Waals surface area contributed by atoms with Crippen LogP contribution in [-0.4, -0.2) is 81.1 Å². The molecule has 8 nitrogen and oxygen atoms in total. The van der Waals surface area contributed by atoms with E-state index in [4.69, 9.17) is 4.74 Å². The summed E-state index contributed by atoms with van der Waals surface area (Å²) in [7, 11) is 0. The Hall–Kier alpha value is -2.97. The molecule has 5 rings (SSSR count). The fraction of sp³-hybridized carbons (Fsp3) is 0.567. The molecule has 1 unspecified atom stereocenters. The molecule has 1 aromatic rings. The molecule has 8 heteroatoms. The zero-order valence-electron chi connectivity index (χ0n) is 23.1. The summed E-state index contributed by atoms with van der Waals surface area (Å²) in [5.41, 5.74) is -2.18. The molecule has 6 atom stereocenters. The van der Waals surface area contributed by atoms with Gasteiger partial charge in [-0.2, -0.15) is 0 Å². The Kier molecular flexibility index (Phi) is 6.35. The molecule has 0 saturated carbocycles. The number of para-hydroxylation sites is 1. The van der Waals surface area contributed by atoms with Crippen molar-refractivity contribution >= 4 is 23.4 Å². The maximum atomic E-state index is 14.5. The third-order valence-electron chi connectivity index (χ3n) is 8.69. The van der Waals surface area contributed by atoms with Gasteiger partial charge >= 0.3 is 0 Å². The summed E-state index contributed by atoms with van der Waals surface area (Å²) in [6.45, 7) is 12.0. The summed E-state index contributed by atoms with van der Waals surface area (Å²) in [6.07, 6.45) is 7.55. The number of nitrogens with zero attached hydrogens (tertiary/aromatic N) is 3. The van der Waals surface area contributed by atoms with Gasteiger partial charge in [0, 0.05) is 24.3 Å². The summed E-state index contributed by atoms with van der Waals surface area (Å²) < 4.78 is 6.88. The van der Waals surface area contributed by atoms with Crippen molar-refractivity contribution in [2.24, 2.45) is 17.8 Å². The van der Waals surface area contributed by atoms with Crippen LogP contribution in [0.2, 0.25) is 0 Å². The van der Waals surface area contributed by atoms with Crippen LogP contribution in [0.4, 0.5) is 5.69 Å². The average molecular weight is 522 g/mol. The van der Waals surface area contributed by atoms with Crippen LogP contribution >= 0.6 is 0 Å². The maximum Gasteiger partial charge on any atom is 0.249 e. The highest BCUT2D eigenvalue weighted by atomic mass is 16.5. The Balaban J connectivity index is 1.69. The first kappa shape index (κ1) is 26.6. The highest BCUT2D eigenvalue weighted by Gasteiger charge is 2.75. The number of anilines is 1. The molecule has 3 amide bonds. The first-order chi connectivity index (χ1) is 17.9. The minimum Gasteiger partial charge on any atom is -0.394 e. The van der Waals surface area contributed by atoms with E-state index in [0.29, 0.717) is 13.1 Å². The van der Waals surface area contributed by atoms with Gasteiger partial charge in [-0.3, -0.25) is 14.4 Å². The number of likely N-dealkylation sites (tertiary alicyclic amines) is 1. The van der Waals surface area contributed by atoms with E-state index in [-0.39, 0.29) is 30.2 Å². The predicted octanol–water partition coefficient (Wildman–Crippen LogP) is 2.77. The van der Waals surface area contributed by atoms with Gasteiger partial charge in [0.05, 0.1) is 30.1 Å². The molecule has 1 aromatic carbocycles. The van der Waals surface area contributed by atoms with E-state index in [9.17, 15) is 19.5 Å². The normalized spacial score (nSPS) is 33.8. The monoisotopic (exact) mass is 521 g/mol. The molecule has 4 heterocycles. The van der Waals surface area contributed by atoms with E-state index < -0.39 is 40.7 Å². The Bertz CT molecular complexity index is 1190. The SMILES string of the molecule is CC(C)[C@H](CO)N1C(=O)[C@@H]2[C@@H]3C(=O)N(c4ccccc4)CC=C[C@]3(C)O[C@@]23C=CCN(C(C)(C)C)C(=O)C13. The van der Waals surface area contributed by atoms with E-state index in [1.165, 1.54) is 0 Å². The lowest BCUT2D eigenvalue weighted by Gasteiger charge is -2.43. The van der Waals surface area contributed by atoms with Crippen molar-refractivity contribution in [1.82, 2.24) is 9.80 Å². The van der Waals surface area contributed by atoms with Gasteiger partial charge < -0.3 is 24.5 Å². The second kappa shape index (κ2) is 9.06. The number of hydrogen-bond donors (Lipinski definition) is 1. The largest absolute Gasteiger partial charge is 0.394 e. The number of carbonyl (C=O) groups is 3. The second-order valence-corrected chi connectivity index (χ2v) is 12.4. The Labute approximate surface area is 224 Å². The summed E-state index contributed by atoms with van der Waals surface area (Å²) in [6, 6.07) is 7.82. The first-order valence-corrected chi connectivity index (χ1v) is 13.5. The number of fused-ring (bicyclic) bond motifs is 2. The van der Waals surface area contributed by atoms with Crippen LogP contribution in [0.25, 0.3) is 0 Å². The van der Waals surface area contributed by atoms with Crippen molar-refractivity contribution < 1.29 is 24.2 Å². The van der Waals surface area contributed by atoms with Gasteiger partial charge in [0.2, 0.25) is 17.7 Å². The highest BCUT2D eigenvalue weighted by Crippen LogP contribution is 2.58. The highest BCUT2D eigenvalue weighted by molar-refractivity contribution is 6.04. The standard InChI is InChI=1S/C30H39N3O5/c1-19(2)21(18-34)33-24-27(37)32(28(3,4)5)17-11-15-30(24)23(26(33)36)22-25(35)31(20-12-8-7-9-13-20)16-10-14-29(22,6)38-30/h7-15,19,21-24,34H,16-18H2,1-6H3/t21-,22+,23-,24?,29-,30-/m0/s1. The fourth-order valence-electron chi connectivity index (χ4n) is 6.88. The first-order valence-electron chi connectivity index (χ1n) is 13.5. The van der Waals surface area contributed by atoms with Crippen molar-refractivity contribution in [3.05, 3.63) is 54.6 Å². The molecule has 0 aliphatic carbocycles. The molecule has 204 valence electrons. The smallest absolute Gasteiger partial charge is 0.249 e. The number of amides is 3. The molecule has 0 radical (unpaired) electrons. The van der Waals surface area contributed by atoms with E-state index in [1.807, 2.05) is 96.2 Å². The van der Waals surface area contributed by atoms with E-state index >= 15 is 0 Å². The molecule has 4 aliphatic heterocycles. The van der Waals surface area contributed by atoms with Gasteiger partial charge in [0.1, 0.15) is 11.6 Å². The number of ether oxygens (including phenoxy) is 1. The van der Waals surface area contributed by atoms with Gasteiger partial charge in [0.25, 0.3) is 0 Å². The fourth-order valence-corrected chi connectivity index (χ4v) is 6.88. The number of rotatable bonds is 4. The number of hydrogen-bond acceptors (Lipinski definition) is 5. The van der Waals surface area contributed by atoms with Crippen LogP contribution in [0.5, 0.6) is 0 Å². The third kappa shape index (κ3) is 3.75. The van der Waals surface area contributed by atoms with Gasteiger partial charge in [-0.05, 0) is 45.7 Å². The molecular weight excluding hydrogens is 482 g/mol. The number of carbonyl (C=O) groups excluding carboxylic acids is 3. The van der Waals surface area contributed by atoms with Crippen LogP contribution < -0.4 is 4.90 Å². The number of aliphatic hydroxyl groups is 1. The summed E-state index contributed by atoms with van der Waals surface area (Å²) in [4.78, 5) is 48.2. The van der Waals surface area contributed by atoms with Gasteiger partial charge in [0.15, 0.2) is 0 Å². The molecule has 0 aromatic heterocycles. The molecule has 0 bridgehead atoms. The zero-order chi connectivity index (χ0) is 27.6. The van der Waals surface area contributed by atoms with E-state index in [1.54, 1.807) is 14.7 Å². The summed E-state index contributed by atoms with van der Waals surface area (Å²) in [5, 5.41) is 10.4. The van der Waals surface area contributed by atoms with Crippen molar-refractivity contribution in [3.8, 4) is 0 Å². The minimum absolute atomic E-state index is 0.111. The van der Waals surface area contributed by atoms with Crippen LogP contribution in [0.3, 0.4) is 0 Å². The maximum absolute atomic E-state index is 14.5. The van der Waals surface area contributed by atoms with Crippen molar-refractivity contribution in [1.29, 1.82) is 0 Å². The Morgan fingerprint density at radius 1 is 0.974 bits per heavy atom. The van der Waals surface area contributed by atoms with Crippen LogP contribution in [0.1, 0.15) is 41.5 Å². The van der Waals surface area contributed by atoms with Crippen molar-refractivity contribution in [2.45, 2.75) is 70.4 Å². The molecular formula is C30H39N3O5. The lowest BCUT2D eigenvalue weighted by molar-refractivity contribution is -0.158. The average Bonchev–Trinajstić information content (AvgIpc) is 3.10. The number of aliphatic hydroxyl groups excluding tert-OH is 1. The van der Waals surface area contributed by atoms with Gasteiger partial charge in [-0.1, -0.05) is 56.4 Å². The van der Waals surface area contributed by atoms with Crippen LogP contribution in [0, 0.1) is 17.8 Å². The van der Waals surface area contributed by atoms with Crippen molar-refractivity contribution in [3.63, 3.8) is 0 Å². The third-order valence-corrected chi connectivity index (χ3v) is 8.69. The minimum atomic E-state index is -1.34. The predicted molar refractivity (Wildman–Crippen MR) is 144 cm³/mol. The molecule has 4 aliphatic rings. The molecule has 2 fully saturated rings. The molecule has 2 saturated heterocycles. The summed E-state index contributed by atoms with van der Waals surface area (Å²) >= 11 is 0. The van der Waals surface area contributed by atoms with Crippen molar-refractivity contribution in [2.75, 3.05) is 24.6 Å². The van der Waals surface area contributed by atoms with Crippen LogP contribution in [0.15, 0.2) is 54.6 Å². The Morgan fingerprint density at radius 2 is 1.63 bits per heavy atom. The number of benzene rings is 1. The quantitative estimate of drug-likeness (QED) is 0.616.